The van der Waals surface area contributed by atoms with Gasteiger partial charge in [0.2, 0.25) is 0 Å². The third-order valence-corrected chi connectivity index (χ3v) is 1.29. The molecule has 0 aliphatic carbocycles. The molecule has 0 unspecified atom stereocenters. The molecule has 0 heterocycles. The van der Waals surface area contributed by atoms with Gasteiger partial charge in [0, 0.05) is 12.1 Å². The van der Waals surface area contributed by atoms with Gasteiger partial charge in [0.05, 0.1) is 6.10 Å². The van der Waals surface area contributed by atoms with Gasteiger partial charge in [-0.1, -0.05) is 0 Å². The van der Waals surface area contributed by atoms with E-state index in [9.17, 15) is 0 Å². The Hall–Kier alpha value is -0.350. The van der Waals surface area contributed by atoms with Crippen LogP contribution in [-0.2, 0) is 0 Å². The van der Waals surface area contributed by atoms with Crippen molar-refractivity contribution in [3.8, 4) is 0 Å². The van der Waals surface area contributed by atoms with Crippen LogP contribution in [0.3, 0.4) is 0 Å². The molecule has 0 aromatic heterocycles. The zero-order chi connectivity index (χ0) is 9.78. The number of aliphatic hydroxyl groups excluding tert-OH is 1. The van der Waals surface area contributed by atoms with Gasteiger partial charge in [0.15, 0.2) is 5.11 Å². The topological polar surface area (TPSA) is 44.3 Å². The van der Waals surface area contributed by atoms with E-state index in [1.807, 2.05) is 20.8 Å². The molecule has 0 aromatic rings. The SMILES string of the molecule is C[C@H](O)CNC(=S)NC(C)(C)C. The summed E-state index contributed by atoms with van der Waals surface area (Å²) in [5.41, 5.74) is -0.0250. The van der Waals surface area contributed by atoms with Crippen LogP contribution in [0, 0.1) is 0 Å². The summed E-state index contributed by atoms with van der Waals surface area (Å²) < 4.78 is 0. The zero-order valence-corrected chi connectivity index (χ0v) is 8.96. The average molecular weight is 190 g/mol. The molecule has 4 heteroatoms. The minimum Gasteiger partial charge on any atom is -0.392 e. The number of nitrogens with one attached hydrogen (secondary N) is 2. The summed E-state index contributed by atoms with van der Waals surface area (Å²) in [7, 11) is 0. The van der Waals surface area contributed by atoms with Crippen LogP contribution in [-0.4, -0.2) is 28.4 Å². The van der Waals surface area contributed by atoms with Gasteiger partial charge in [-0.2, -0.15) is 0 Å². The highest BCUT2D eigenvalue weighted by molar-refractivity contribution is 7.80. The highest BCUT2D eigenvalue weighted by Gasteiger charge is 2.10. The van der Waals surface area contributed by atoms with Crippen LogP contribution >= 0.6 is 12.2 Å². The maximum Gasteiger partial charge on any atom is 0.166 e. The standard InChI is InChI=1S/C8H18N2OS/c1-6(11)5-9-7(12)10-8(2,3)4/h6,11H,5H2,1-4H3,(H2,9,10,12)/t6-/m0/s1. The fourth-order valence-electron chi connectivity index (χ4n) is 0.625. The lowest BCUT2D eigenvalue weighted by atomic mass is 10.1. The van der Waals surface area contributed by atoms with Crippen LogP contribution in [0.25, 0.3) is 0 Å². The van der Waals surface area contributed by atoms with E-state index in [-0.39, 0.29) is 11.6 Å². The quantitative estimate of drug-likeness (QED) is 0.559. The second-order valence-corrected chi connectivity index (χ2v) is 4.34. The molecule has 72 valence electrons. The predicted octanol–water partition coefficient (Wildman–Crippen LogP) is 0.630. The summed E-state index contributed by atoms with van der Waals surface area (Å²) in [5.74, 6) is 0. The van der Waals surface area contributed by atoms with Crippen molar-refractivity contribution in [2.24, 2.45) is 0 Å². The van der Waals surface area contributed by atoms with Crippen LogP contribution in [0.1, 0.15) is 27.7 Å². The Kier molecular flexibility index (Phi) is 4.49. The van der Waals surface area contributed by atoms with Crippen LogP contribution in [0.2, 0.25) is 0 Å². The molecule has 0 saturated heterocycles. The Bertz CT molecular complexity index is 152. The molecule has 0 amide bonds. The first-order chi connectivity index (χ1) is 5.31. The van der Waals surface area contributed by atoms with Crippen molar-refractivity contribution in [1.29, 1.82) is 0 Å². The van der Waals surface area contributed by atoms with Gasteiger partial charge in [-0.15, -0.1) is 0 Å². The highest BCUT2D eigenvalue weighted by Crippen LogP contribution is 1.97. The average Bonchev–Trinajstić information content (AvgIpc) is 1.79. The molecule has 0 rings (SSSR count). The fraction of sp³-hybridized carbons (Fsp3) is 0.875. The second kappa shape index (κ2) is 4.62. The number of rotatable bonds is 2. The Morgan fingerprint density at radius 1 is 1.50 bits per heavy atom. The zero-order valence-electron chi connectivity index (χ0n) is 8.14. The van der Waals surface area contributed by atoms with E-state index < -0.39 is 0 Å². The summed E-state index contributed by atoms with van der Waals surface area (Å²) in [5, 5.41) is 15.5. The van der Waals surface area contributed by atoms with Crippen molar-refractivity contribution in [2.45, 2.75) is 39.3 Å². The van der Waals surface area contributed by atoms with Gasteiger partial charge in [-0.05, 0) is 39.9 Å². The lowest BCUT2D eigenvalue weighted by molar-refractivity contribution is 0.197. The van der Waals surface area contributed by atoms with Crippen molar-refractivity contribution in [2.75, 3.05) is 6.54 Å². The van der Waals surface area contributed by atoms with E-state index in [1.54, 1.807) is 6.92 Å². The Balaban J connectivity index is 3.61. The number of thiocarbonyl (C=S) groups is 1. The largest absolute Gasteiger partial charge is 0.392 e. The first kappa shape index (κ1) is 11.6. The first-order valence-corrected chi connectivity index (χ1v) is 4.46. The molecule has 0 aliphatic heterocycles. The minimum absolute atomic E-state index is 0.0250. The second-order valence-electron chi connectivity index (χ2n) is 3.93. The van der Waals surface area contributed by atoms with Crippen molar-refractivity contribution in [1.82, 2.24) is 10.6 Å². The highest BCUT2D eigenvalue weighted by atomic mass is 32.1. The predicted molar refractivity (Wildman–Crippen MR) is 55.2 cm³/mol. The van der Waals surface area contributed by atoms with E-state index in [1.165, 1.54) is 0 Å². The van der Waals surface area contributed by atoms with Crippen molar-refractivity contribution >= 4 is 17.3 Å². The molecule has 3 N–H and O–H groups in total. The summed E-state index contributed by atoms with van der Waals surface area (Å²) in [6.07, 6.45) is -0.371. The van der Waals surface area contributed by atoms with Crippen LogP contribution in [0.5, 0.6) is 0 Å². The molecule has 0 saturated carbocycles. The smallest absolute Gasteiger partial charge is 0.166 e. The monoisotopic (exact) mass is 190 g/mol. The van der Waals surface area contributed by atoms with E-state index in [2.05, 4.69) is 10.6 Å². The summed E-state index contributed by atoms with van der Waals surface area (Å²) in [6.45, 7) is 8.30. The Morgan fingerprint density at radius 2 is 2.00 bits per heavy atom. The molecule has 0 spiro atoms. The molecular weight excluding hydrogens is 172 g/mol. The maximum absolute atomic E-state index is 8.95. The molecule has 3 nitrogen and oxygen atoms in total. The van der Waals surface area contributed by atoms with Crippen LogP contribution < -0.4 is 10.6 Å². The summed E-state index contributed by atoms with van der Waals surface area (Å²) in [6, 6.07) is 0. The number of hydrogen-bond acceptors (Lipinski definition) is 2. The molecule has 0 aromatic carbocycles. The third kappa shape index (κ3) is 7.75. The van der Waals surface area contributed by atoms with Gasteiger partial charge in [0.25, 0.3) is 0 Å². The van der Waals surface area contributed by atoms with Crippen LogP contribution in [0.15, 0.2) is 0 Å². The molecular formula is C8H18N2OS. The van der Waals surface area contributed by atoms with Gasteiger partial charge in [-0.25, -0.2) is 0 Å². The molecule has 0 aliphatic rings. The number of hydrogen-bond donors (Lipinski definition) is 3. The van der Waals surface area contributed by atoms with Gasteiger partial charge < -0.3 is 15.7 Å². The molecule has 0 radical (unpaired) electrons. The van der Waals surface area contributed by atoms with Crippen molar-refractivity contribution in [3.63, 3.8) is 0 Å². The molecule has 0 bridgehead atoms. The van der Waals surface area contributed by atoms with Crippen molar-refractivity contribution in [3.05, 3.63) is 0 Å². The lowest BCUT2D eigenvalue weighted by Gasteiger charge is -2.23. The van der Waals surface area contributed by atoms with Crippen molar-refractivity contribution < 1.29 is 5.11 Å². The van der Waals surface area contributed by atoms with E-state index in [0.717, 1.165) is 0 Å². The molecule has 1 atom stereocenters. The lowest BCUT2D eigenvalue weighted by Crippen LogP contribution is -2.47. The summed E-state index contributed by atoms with van der Waals surface area (Å²) in [4.78, 5) is 0. The molecule has 12 heavy (non-hydrogen) atoms. The van der Waals surface area contributed by atoms with E-state index in [0.29, 0.717) is 11.7 Å². The Labute approximate surface area is 79.5 Å². The maximum atomic E-state index is 8.95. The Morgan fingerprint density at radius 3 is 2.33 bits per heavy atom. The minimum atomic E-state index is -0.371. The van der Waals surface area contributed by atoms with E-state index >= 15 is 0 Å². The number of aliphatic hydroxyl groups is 1. The van der Waals surface area contributed by atoms with Gasteiger partial charge in [0.1, 0.15) is 0 Å². The first-order valence-electron chi connectivity index (χ1n) is 4.05. The van der Waals surface area contributed by atoms with Crippen LogP contribution in [0.4, 0.5) is 0 Å². The van der Waals surface area contributed by atoms with Gasteiger partial charge >= 0.3 is 0 Å². The van der Waals surface area contributed by atoms with E-state index in [4.69, 9.17) is 17.3 Å². The third-order valence-electron chi connectivity index (χ3n) is 1.05. The van der Waals surface area contributed by atoms with Gasteiger partial charge in [-0.3, -0.25) is 0 Å². The fourth-order valence-corrected chi connectivity index (χ4v) is 1.01. The summed E-state index contributed by atoms with van der Waals surface area (Å²) >= 11 is 4.99. The molecule has 0 fully saturated rings. The normalized spacial score (nSPS) is 13.8.